The average Bonchev–Trinajstić information content (AvgIpc) is 2.86. The van der Waals surface area contributed by atoms with Gasteiger partial charge in [0.15, 0.2) is 0 Å². The first-order valence-electron chi connectivity index (χ1n) is 11.4. The molecule has 3 atom stereocenters. The number of carboxylic acids is 2. The molecule has 3 amide bonds. The maximum absolute atomic E-state index is 12.7. The fourth-order valence-electron chi connectivity index (χ4n) is 3.19. The number of phenols is 1. The summed E-state index contributed by atoms with van der Waals surface area (Å²) in [7, 11) is 0. The molecule has 0 saturated carbocycles. The molecule has 198 valence electrons. The van der Waals surface area contributed by atoms with Gasteiger partial charge in [0.1, 0.15) is 30.5 Å². The van der Waals surface area contributed by atoms with Crippen molar-refractivity contribution in [2.75, 3.05) is 0 Å². The Morgan fingerprint density at radius 3 is 2.05 bits per heavy atom. The lowest BCUT2D eigenvalue weighted by atomic mass is 10.1. The number of benzene rings is 2. The number of aliphatic carboxylic acids is 2. The van der Waals surface area contributed by atoms with E-state index in [-0.39, 0.29) is 25.2 Å². The van der Waals surface area contributed by atoms with Crippen LogP contribution in [-0.2, 0) is 36.9 Å². The van der Waals surface area contributed by atoms with Gasteiger partial charge >= 0.3 is 18.0 Å². The summed E-state index contributed by atoms with van der Waals surface area (Å²) in [6, 6.07) is 10.7. The highest BCUT2D eigenvalue weighted by Gasteiger charge is 2.28. The van der Waals surface area contributed by atoms with Gasteiger partial charge in [-0.05, 0) is 36.6 Å². The summed E-state index contributed by atoms with van der Waals surface area (Å²) in [6.07, 6.45) is -1.73. The Morgan fingerprint density at radius 2 is 1.46 bits per heavy atom. The zero-order valence-corrected chi connectivity index (χ0v) is 20.0. The van der Waals surface area contributed by atoms with E-state index in [9.17, 15) is 34.2 Å². The quantitative estimate of drug-likeness (QED) is 0.227. The molecular weight excluding hydrogens is 486 g/mol. The molecule has 0 aliphatic rings. The molecule has 0 heterocycles. The first-order valence-corrected chi connectivity index (χ1v) is 11.4. The van der Waals surface area contributed by atoms with Gasteiger partial charge in [-0.2, -0.15) is 0 Å². The summed E-state index contributed by atoms with van der Waals surface area (Å²) in [4.78, 5) is 60.1. The summed E-state index contributed by atoms with van der Waals surface area (Å²) < 4.78 is 5.07. The smallest absolute Gasteiger partial charge is 0.408 e. The average molecular weight is 516 g/mol. The largest absolute Gasteiger partial charge is 0.508 e. The number of aromatic hydroxyl groups is 1. The predicted octanol–water partition coefficient (Wildman–Crippen LogP) is 1.17. The second-order valence-corrected chi connectivity index (χ2v) is 8.19. The Bertz CT molecular complexity index is 1090. The van der Waals surface area contributed by atoms with Crippen LogP contribution in [0, 0.1) is 0 Å². The number of carbonyl (C=O) groups excluding carboxylic acids is 3. The van der Waals surface area contributed by atoms with Crippen LogP contribution in [0.25, 0.3) is 0 Å². The molecular formula is C25H29N3O9. The fraction of sp³-hybridized carbons (Fsp3) is 0.320. The van der Waals surface area contributed by atoms with Gasteiger partial charge in [0.25, 0.3) is 0 Å². The molecule has 0 aromatic heterocycles. The maximum atomic E-state index is 12.7. The SMILES string of the molecule is C[C@H](NC(=O)[C@H](CCC(=O)O)NC(=O)OCc1ccccc1)C(=O)N[C@@H](Cc1ccc(O)cc1)C(=O)O. The van der Waals surface area contributed by atoms with Crippen LogP contribution >= 0.6 is 0 Å². The van der Waals surface area contributed by atoms with Gasteiger partial charge in [-0.3, -0.25) is 14.4 Å². The minimum absolute atomic E-state index is 0.00556. The van der Waals surface area contributed by atoms with Gasteiger partial charge in [-0.1, -0.05) is 42.5 Å². The highest BCUT2D eigenvalue weighted by atomic mass is 16.5. The van der Waals surface area contributed by atoms with Crippen molar-refractivity contribution in [2.24, 2.45) is 0 Å². The Balaban J connectivity index is 1.96. The van der Waals surface area contributed by atoms with Gasteiger partial charge in [0.05, 0.1) is 0 Å². The summed E-state index contributed by atoms with van der Waals surface area (Å²) in [6.45, 7) is 1.24. The van der Waals surface area contributed by atoms with E-state index >= 15 is 0 Å². The lowest BCUT2D eigenvalue weighted by Crippen LogP contribution is -2.55. The number of carboxylic acid groups (broad SMARTS) is 2. The van der Waals surface area contributed by atoms with Crippen molar-refractivity contribution in [1.29, 1.82) is 0 Å². The van der Waals surface area contributed by atoms with Gasteiger partial charge in [-0.15, -0.1) is 0 Å². The van der Waals surface area contributed by atoms with Crippen molar-refractivity contribution in [3.8, 4) is 5.75 Å². The van der Waals surface area contributed by atoms with Gasteiger partial charge in [0, 0.05) is 12.8 Å². The first kappa shape index (κ1) is 28.6. The number of amides is 3. The summed E-state index contributed by atoms with van der Waals surface area (Å²) >= 11 is 0. The highest BCUT2D eigenvalue weighted by molar-refractivity contribution is 5.92. The molecule has 12 heteroatoms. The third-order valence-electron chi connectivity index (χ3n) is 5.21. The maximum Gasteiger partial charge on any atom is 0.408 e. The van der Waals surface area contributed by atoms with Gasteiger partial charge in [-0.25, -0.2) is 9.59 Å². The monoisotopic (exact) mass is 515 g/mol. The zero-order valence-electron chi connectivity index (χ0n) is 20.0. The van der Waals surface area contributed by atoms with Crippen LogP contribution in [-0.4, -0.2) is 63.3 Å². The fourth-order valence-corrected chi connectivity index (χ4v) is 3.19. The molecule has 2 rings (SSSR count). The zero-order chi connectivity index (χ0) is 27.4. The Morgan fingerprint density at radius 1 is 0.811 bits per heavy atom. The van der Waals surface area contributed by atoms with Crippen molar-refractivity contribution in [1.82, 2.24) is 16.0 Å². The van der Waals surface area contributed by atoms with Crippen molar-refractivity contribution in [3.05, 3.63) is 65.7 Å². The molecule has 0 bridgehead atoms. The minimum atomic E-state index is -1.32. The number of phenolic OH excluding ortho intramolecular Hbond substituents is 1. The van der Waals surface area contributed by atoms with E-state index in [2.05, 4.69) is 16.0 Å². The molecule has 6 N–H and O–H groups in total. The topological polar surface area (TPSA) is 191 Å². The van der Waals surface area contributed by atoms with Crippen molar-refractivity contribution in [2.45, 2.75) is 50.9 Å². The number of carbonyl (C=O) groups is 5. The molecule has 0 spiro atoms. The number of ether oxygens (including phenoxy) is 1. The molecule has 0 fully saturated rings. The molecule has 0 unspecified atom stereocenters. The normalized spacial score (nSPS) is 12.9. The Labute approximate surface area is 212 Å². The van der Waals surface area contributed by atoms with Crippen molar-refractivity contribution < 1.29 is 44.0 Å². The number of hydrogen-bond donors (Lipinski definition) is 6. The molecule has 2 aromatic rings. The van der Waals surface area contributed by atoms with E-state index in [1.165, 1.54) is 31.2 Å². The van der Waals surface area contributed by atoms with E-state index in [1.54, 1.807) is 30.3 Å². The van der Waals surface area contributed by atoms with E-state index in [0.717, 1.165) is 0 Å². The lowest BCUT2D eigenvalue weighted by molar-refractivity contribution is -0.142. The van der Waals surface area contributed by atoms with Crippen LogP contribution in [0.4, 0.5) is 4.79 Å². The number of rotatable bonds is 13. The predicted molar refractivity (Wildman–Crippen MR) is 129 cm³/mol. The van der Waals surface area contributed by atoms with Crippen LogP contribution in [0.2, 0.25) is 0 Å². The minimum Gasteiger partial charge on any atom is -0.508 e. The molecule has 0 radical (unpaired) electrons. The molecule has 0 aliphatic heterocycles. The van der Waals surface area contributed by atoms with Crippen LogP contribution in [0.15, 0.2) is 54.6 Å². The highest BCUT2D eigenvalue weighted by Crippen LogP contribution is 2.12. The standard InChI is InChI=1S/C25H29N3O9/c1-15(22(32)27-20(24(34)35)13-16-7-9-18(29)10-8-16)26-23(33)19(11-12-21(30)31)28-25(36)37-14-17-5-3-2-4-6-17/h2-10,15,19-20,29H,11-14H2,1H3,(H,26,33)(H,27,32)(H,28,36)(H,30,31)(H,34,35)/t15-,19-,20-/m0/s1. The second-order valence-electron chi connectivity index (χ2n) is 8.19. The summed E-state index contributed by atoms with van der Waals surface area (Å²) in [5, 5.41) is 34.8. The third-order valence-corrected chi connectivity index (χ3v) is 5.21. The van der Waals surface area contributed by atoms with Crippen molar-refractivity contribution >= 4 is 29.8 Å². The number of nitrogens with one attached hydrogen (secondary N) is 3. The van der Waals surface area contributed by atoms with Gasteiger partial charge in [0.2, 0.25) is 11.8 Å². The molecule has 37 heavy (non-hydrogen) atoms. The van der Waals surface area contributed by atoms with Crippen LogP contribution in [0.3, 0.4) is 0 Å². The van der Waals surface area contributed by atoms with E-state index in [0.29, 0.717) is 11.1 Å². The molecule has 12 nitrogen and oxygen atoms in total. The second kappa shape index (κ2) is 14.1. The van der Waals surface area contributed by atoms with Gasteiger partial charge < -0.3 is 36.0 Å². The van der Waals surface area contributed by atoms with E-state index in [4.69, 9.17) is 9.84 Å². The summed E-state index contributed by atoms with van der Waals surface area (Å²) in [5.74, 6) is -4.14. The Kier molecular flexibility index (Phi) is 10.9. The number of hydrogen-bond acceptors (Lipinski definition) is 7. The Hall–Kier alpha value is -4.61. The van der Waals surface area contributed by atoms with Crippen LogP contribution < -0.4 is 16.0 Å². The van der Waals surface area contributed by atoms with Crippen LogP contribution in [0.1, 0.15) is 30.9 Å². The first-order chi connectivity index (χ1) is 17.5. The number of alkyl carbamates (subject to hydrolysis) is 1. The molecule has 2 aromatic carbocycles. The molecule has 0 saturated heterocycles. The van der Waals surface area contributed by atoms with Crippen molar-refractivity contribution in [3.63, 3.8) is 0 Å². The van der Waals surface area contributed by atoms with Crippen LogP contribution in [0.5, 0.6) is 5.75 Å². The third kappa shape index (κ3) is 10.3. The lowest BCUT2D eigenvalue weighted by Gasteiger charge is -2.22. The van der Waals surface area contributed by atoms with E-state index < -0.39 is 54.4 Å². The summed E-state index contributed by atoms with van der Waals surface area (Å²) in [5.41, 5.74) is 1.25. The van der Waals surface area contributed by atoms with E-state index in [1.807, 2.05) is 0 Å². The molecule has 0 aliphatic carbocycles.